The third-order valence-electron chi connectivity index (χ3n) is 5.27. The molecule has 1 aliphatic rings. The third-order valence-corrected chi connectivity index (χ3v) is 5.27. The molecule has 1 aliphatic heterocycles. The van der Waals surface area contributed by atoms with Crippen molar-refractivity contribution >= 4 is 5.91 Å². The Balaban J connectivity index is 1.44. The van der Waals surface area contributed by atoms with E-state index in [4.69, 9.17) is 9.47 Å². The van der Waals surface area contributed by atoms with Gasteiger partial charge in [-0.15, -0.1) is 0 Å². The Morgan fingerprint density at radius 2 is 1.82 bits per heavy atom. The van der Waals surface area contributed by atoms with Crippen LogP contribution in [0.2, 0.25) is 0 Å². The molecule has 1 amide bonds. The molecule has 1 fully saturated rings. The minimum absolute atomic E-state index is 0.140. The fourth-order valence-corrected chi connectivity index (χ4v) is 3.66. The highest BCUT2D eigenvalue weighted by Crippen LogP contribution is 2.15. The standard InChI is InChI=1S/C23H30N2O3/c1-27-15-12-24-23(26)21-10-13-25(14-11-21)17-20-8-5-9-22(16-20)28-18-19-6-3-2-4-7-19/h2-9,16,21H,10-15,17-18H2,1H3,(H,24,26)/p+1. The molecule has 2 N–H and O–H groups in total. The van der Waals surface area contributed by atoms with Crippen LogP contribution >= 0.6 is 0 Å². The number of benzene rings is 2. The van der Waals surface area contributed by atoms with E-state index in [2.05, 4.69) is 35.6 Å². The van der Waals surface area contributed by atoms with Gasteiger partial charge in [0.25, 0.3) is 0 Å². The summed E-state index contributed by atoms with van der Waals surface area (Å²) >= 11 is 0. The van der Waals surface area contributed by atoms with Gasteiger partial charge in [0.2, 0.25) is 5.91 Å². The summed E-state index contributed by atoms with van der Waals surface area (Å²) in [5.74, 6) is 1.22. The number of quaternary nitrogens is 1. The van der Waals surface area contributed by atoms with Gasteiger partial charge >= 0.3 is 0 Å². The second-order valence-electron chi connectivity index (χ2n) is 7.41. The van der Waals surface area contributed by atoms with Crippen molar-refractivity contribution < 1.29 is 19.2 Å². The van der Waals surface area contributed by atoms with Crippen LogP contribution in [0.15, 0.2) is 54.6 Å². The van der Waals surface area contributed by atoms with Gasteiger partial charge in [0, 0.05) is 38.0 Å². The first-order chi connectivity index (χ1) is 13.7. The molecule has 2 aromatic rings. The number of hydrogen-bond donors (Lipinski definition) is 2. The first-order valence-corrected chi connectivity index (χ1v) is 10.1. The molecule has 0 aliphatic carbocycles. The Morgan fingerprint density at radius 3 is 2.57 bits per heavy atom. The van der Waals surface area contributed by atoms with Crippen LogP contribution < -0.4 is 15.0 Å². The zero-order valence-electron chi connectivity index (χ0n) is 16.7. The van der Waals surface area contributed by atoms with Crippen LogP contribution in [0.4, 0.5) is 0 Å². The summed E-state index contributed by atoms with van der Waals surface area (Å²) in [6.45, 7) is 4.77. The second kappa shape index (κ2) is 10.8. The molecule has 28 heavy (non-hydrogen) atoms. The topological polar surface area (TPSA) is 52.0 Å². The van der Waals surface area contributed by atoms with Gasteiger partial charge in [-0.3, -0.25) is 4.79 Å². The van der Waals surface area contributed by atoms with Gasteiger partial charge in [0.15, 0.2) is 0 Å². The molecule has 5 heteroatoms. The van der Waals surface area contributed by atoms with E-state index >= 15 is 0 Å². The first kappa shape index (κ1) is 20.4. The molecule has 2 aromatic carbocycles. The van der Waals surface area contributed by atoms with Gasteiger partial charge in [-0.05, 0) is 17.7 Å². The Kier molecular flexibility index (Phi) is 7.88. The van der Waals surface area contributed by atoms with Crippen LogP contribution in [0.25, 0.3) is 0 Å². The molecule has 5 nitrogen and oxygen atoms in total. The van der Waals surface area contributed by atoms with E-state index in [0.717, 1.165) is 38.2 Å². The minimum atomic E-state index is 0.140. The lowest BCUT2D eigenvalue weighted by Crippen LogP contribution is -3.11. The van der Waals surface area contributed by atoms with Crippen molar-refractivity contribution in [3.63, 3.8) is 0 Å². The van der Waals surface area contributed by atoms with Crippen molar-refractivity contribution in [3.8, 4) is 5.75 Å². The summed E-state index contributed by atoms with van der Waals surface area (Å²) in [7, 11) is 1.65. The van der Waals surface area contributed by atoms with Gasteiger partial charge in [-0.25, -0.2) is 0 Å². The summed E-state index contributed by atoms with van der Waals surface area (Å²) in [5, 5.41) is 2.96. The van der Waals surface area contributed by atoms with E-state index in [1.54, 1.807) is 7.11 Å². The van der Waals surface area contributed by atoms with Gasteiger partial charge < -0.3 is 19.7 Å². The van der Waals surface area contributed by atoms with Crippen molar-refractivity contribution in [1.82, 2.24) is 5.32 Å². The molecular formula is C23H31N2O3+. The van der Waals surface area contributed by atoms with E-state index in [0.29, 0.717) is 19.8 Å². The van der Waals surface area contributed by atoms with Crippen LogP contribution in [0.3, 0.4) is 0 Å². The molecule has 0 unspecified atom stereocenters. The molecule has 0 bridgehead atoms. The first-order valence-electron chi connectivity index (χ1n) is 10.1. The SMILES string of the molecule is COCCNC(=O)C1CC[NH+](Cc2cccc(OCc3ccccc3)c2)CC1. The van der Waals surface area contributed by atoms with Crippen molar-refractivity contribution in [2.75, 3.05) is 33.4 Å². The zero-order chi connectivity index (χ0) is 19.6. The van der Waals surface area contributed by atoms with Gasteiger partial charge in [-0.1, -0.05) is 42.5 Å². The number of rotatable bonds is 9. The predicted octanol–water partition coefficient (Wildman–Crippen LogP) is 1.82. The number of ether oxygens (including phenoxy) is 2. The fraction of sp³-hybridized carbons (Fsp3) is 0.435. The maximum absolute atomic E-state index is 12.2. The summed E-state index contributed by atoms with van der Waals surface area (Å²) in [6, 6.07) is 18.6. The van der Waals surface area contributed by atoms with Crippen molar-refractivity contribution in [3.05, 3.63) is 65.7 Å². The number of methoxy groups -OCH3 is 1. The van der Waals surface area contributed by atoms with Crippen LogP contribution in [0.1, 0.15) is 24.0 Å². The highest BCUT2D eigenvalue weighted by atomic mass is 16.5. The number of amides is 1. The molecule has 1 saturated heterocycles. The zero-order valence-corrected chi connectivity index (χ0v) is 16.7. The quantitative estimate of drug-likeness (QED) is 0.650. The highest BCUT2D eigenvalue weighted by Gasteiger charge is 2.27. The van der Waals surface area contributed by atoms with Crippen LogP contribution in [0, 0.1) is 5.92 Å². The lowest BCUT2D eigenvalue weighted by molar-refractivity contribution is -0.919. The number of piperidine rings is 1. The largest absolute Gasteiger partial charge is 0.489 e. The predicted molar refractivity (Wildman–Crippen MR) is 109 cm³/mol. The molecular weight excluding hydrogens is 352 g/mol. The molecule has 0 atom stereocenters. The van der Waals surface area contributed by atoms with Crippen molar-refractivity contribution in [2.24, 2.45) is 5.92 Å². The molecule has 0 spiro atoms. The molecule has 0 saturated carbocycles. The van der Waals surface area contributed by atoms with E-state index in [1.165, 1.54) is 16.0 Å². The van der Waals surface area contributed by atoms with E-state index < -0.39 is 0 Å². The fourth-order valence-electron chi connectivity index (χ4n) is 3.66. The summed E-state index contributed by atoms with van der Waals surface area (Å²) in [5.41, 5.74) is 2.45. The Morgan fingerprint density at radius 1 is 1.07 bits per heavy atom. The lowest BCUT2D eigenvalue weighted by atomic mass is 9.95. The van der Waals surface area contributed by atoms with E-state index in [9.17, 15) is 4.79 Å². The van der Waals surface area contributed by atoms with Crippen LogP contribution in [-0.2, 0) is 22.7 Å². The summed E-state index contributed by atoms with van der Waals surface area (Å²) in [6.07, 6.45) is 1.89. The molecule has 3 rings (SSSR count). The summed E-state index contributed by atoms with van der Waals surface area (Å²) < 4.78 is 10.9. The normalized spacial score (nSPS) is 19.2. The Labute approximate surface area is 167 Å². The second-order valence-corrected chi connectivity index (χ2v) is 7.41. The van der Waals surface area contributed by atoms with Crippen molar-refractivity contribution in [2.45, 2.75) is 26.0 Å². The van der Waals surface area contributed by atoms with E-state index in [-0.39, 0.29) is 11.8 Å². The lowest BCUT2D eigenvalue weighted by Gasteiger charge is -2.28. The number of hydrogen-bond acceptors (Lipinski definition) is 3. The molecule has 150 valence electrons. The number of carbonyl (C=O) groups is 1. The number of likely N-dealkylation sites (tertiary alicyclic amines) is 1. The maximum atomic E-state index is 12.2. The highest BCUT2D eigenvalue weighted by molar-refractivity contribution is 5.78. The van der Waals surface area contributed by atoms with Crippen LogP contribution in [-0.4, -0.2) is 39.3 Å². The van der Waals surface area contributed by atoms with Crippen LogP contribution in [0.5, 0.6) is 5.75 Å². The van der Waals surface area contributed by atoms with Gasteiger partial charge in [0.05, 0.1) is 19.7 Å². The smallest absolute Gasteiger partial charge is 0.223 e. The van der Waals surface area contributed by atoms with Gasteiger partial charge in [-0.2, -0.15) is 0 Å². The average molecular weight is 384 g/mol. The third kappa shape index (κ3) is 6.36. The van der Waals surface area contributed by atoms with Crippen molar-refractivity contribution in [1.29, 1.82) is 0 Å². The minimum Gasteiger partial charge on any atom is -0.489 e. The average Bonchev–Trinajstić information content (AvgIpc) is 2.74. The summed E-state index contributed by atoms with van der Waals surface area (Å²) in [4.78, 5) is 13.7. The molecule has 0 radical (unpaired) electrons. The number of carbonyl (C=O) groups excluding carboxylic acids is 1. The molecule has 0 aromatic heterocycles. The Hall–Kier alpha value is -2.37. The van der Waals surface area contributed by atoms with E-state index in [1.807, 2.05) is 24.3 Å². The van der Waals surface area contributed by atoms with Gasteiger partial charge in [0.1, 0.15) is 18.9 Å². The Bertz CT molecular complexity index is 728. The number of nitrogens with one attached hydrogen (secondary N) is 2. The molecule has 1 heterocycles. The maximum Gasteiger partial charge on any atom is 0.223 e. The monoisotopic (exact) mass is 383 g/mol.